The Balaban J connectivity index is 1.80. The van der Waals surface area contributed by atoms with Crippen molar-refractivity contribution in [2.45, 2.75) is 19.4 Å². The van der Waals surface area contributed by atoms with Crippen LogP contribution in [-0.2, 0) is 4.79 Å². The van der Waals surface area contributed by atoms with Crippen LogP contribution in [0.25, 0.3) is 10.9 Å². The third-order valence-corrected chi connectivity index (χ3v) is 4.51. The Bertz CT molecular complexity index is 777. The second-order valence-corrected chi connectivity index (χ2v) is 6.11. The molecule has 0 bridgehead atoms. The normalized spacial score (nSPS) is 24.0. The van der Waals surface area contributed by atoms with Gasteiger partial charge in [0.05, 0.1) is 6.04 Å². The molecule has 4 nitrogen and oxygen atoms in total. The number of anilines is 1. The van der Waals surface area contributed by atoms with Gasteiger partial charge in [-0.2, -0.15) is 0 Å². The summed E-state index contributed by atoms with van der Waals surface area (Å²) in [5, 5.41) is 3.44. The topological polar surface area (TPSA) is 45.2 Å². The molecule has 22 heavy (non-hydrogen) atoms. The average Bonchev–Trinajstić information content (AvgIpc) is 2.96. The molecular formula is C16H15F2N3O. The lowest BCUT2D eigenvalue weighted by molar-refractivity contribution is -0.119. The molecule has 4 rings (SSSR count). The molecule has 0 saturated carbocycles. The number of nitrogens with zero attached hydrogens (tertiary/aromatic N) is 2. The quantitative estimate of drug-likeness (QED) is 0.878. The Kier molecular flexibility index (Phi) is 2.82. The predicted molar refractivity (Wildman–Crippen MR) is 78.6 cm³/mol. The van der Waals surface area contributed by atoms with Gasteiger partial charge in [-0.25, -0.2) is 13.8 Å². The number of carbonyl (C=O) groups is 1. The smallest absolute Gasteiger partial charge is 0.220 e. The van der Waals surface area contributed by atoms with E-state index in [2.05, 4.69) is 15.2 Å². The number of rotatable bonds is 1. The highest BCUT2D eigenvalue weighted by Crippen LogP contribution is 2.35. The lowest BCUT2D eigenvalue weighted by atomic mass is 10.1. The zero-order chi connectivity index (χ0) is 15.4. The fraction of sp³-hybridized carbons (Fsp3) is 0.375. The maximum Gasteiger partial charge on any atom is 0.220 e. The van der Waals surface area contributed by atoms with Crippen molar-refractivity contribution in [1.29, 1.82) is 0 Å². The van der Waals surface area contributed by atoms with Gasteiger partial charge in [0.1, 0.15) is 11.3 Å². The van der Waals surface area contributed by atoms with Gasteiger partial charge in [0.15, 0.2) is 5.82 Å². The van der Waals surface area contributed by atoms with Crippen molar-refractivity contribution in [1.82, 2.24) is 10.3 Å². The fourth-order valence-electron chi connectivity index (χ4n) is 3.56. The molecular weight excluding hydrogens is 288 g/mol. The van der Waals surface area contributed by atoms with Gasteiger partial charge in [0, 0.05) is 48.3 Å². The van der Waals surface area contributed by atoms with E-state index in [1.807, 2.05) is 6.07 Å². The molecule has 0 radical (unpaired) electrons. The number of nitrogens with one attached hydrogen (secondary N) is 1. The first kappa shape index (κ1) is 13.4. The molecule has 0 aliphatic carbocycles. The maximum atomic E-state index is 14.0. The van der Waals surface area contributed by atoms with E-state index in [1.165, 1.54) is 6.07 Å². The second-order valence-electron chi connectivity index (χ2n) is 6.11. The summed E-state index contributed by atoms with van der Waals surface area (Å²) < 4.78 is 27.6. The molecule has 2 aliphatic heterocycles. The lowest BCUT2D eigenvalue weighted by Crippen LogP contribution is -2.32. The summed E-state index contributed by atoms with van der Waals surface area (Å²) >= 11 is 0. The summed E-state index contributed by atoms with van der Waals surface area (Å²) in [6.45, 7) is 3.16. The van der Waals surface area contributed by atoms with Crippen LogP contribution < -0.4 is 10.2 Å². The van der Waals surface area contributed by atoms with E-state index in [4.69, 9.17) is 0 Å². The van der Waals surface area contributed by atoms with Gasteiger partial charge in [0.2, 0.25) is 5.91 Å². The fourth-order valence-corrected chi connectivity index (χ4v) is 3.56. The molecule has 2 aliphatic rings. The molecule has 2 aromatic rings. The molecule has 3 heterocycles. The molecule has 114 valence electrons. The van der Waals surface area contributed by atoms with Crippen molar-refractivity contribution in [2.24, 2.45) is 5.92 Å². The number of amides is 1. The van der Waals surface area contributed by atoms with Crippen molar-refractivity contribution in [2.75, 3.05) is 18.0 Å². The highest BCUT2D eigenvalue weighted by atomic mass is 19.1. The average molecular weight is 303 g/mol. The van der Waals surface area contributed by atoms with Gasteiger partial charge in [-0.15, -0.1) is 0 Å². The van der Waals surface area contributed by atoms with Gasteiger partial charge in [0.25, 0.3) is 0 Å². The minimum Gasteiger partial charge on any atom is -0.368 e. The zero-order valence-electron chi connectivity index (χ0n) is 12.1. The molecule has 1 N–H and O–H groups in total. The van der Waals surface area contributed by atoms with Crippen LogP contribution in [0.4, 0.5) is 14.5 Å². The minimum absolute atomic E-state index is 0.0857. The number of carbonyl (C=O) groups excluding carboxylic acids is 1. The van der Waals surface area contributed by atoms with E-state index in [0.717, 1.165) is 11.8 Å². The first-order valence-electron chi connectivity index (χ1n) is 7.32. The van der Waals surface area contributed by atoms with E-state index in [9.17, 15) is 13.6 Å². The maximum absolute atomic E-state index is 14.0. The molecule has 0 spiro atoms. The van der Waals surface area contributed by atoms with Crippen LogP contribution in [0.1, 0.15) is 12.1 Å². The van der Waals surface area contributed by atoms with Gasteiger partial charge in [-0.1, -0.05) is 0 Å². The van der Waals surface area contributed by atoms with Crippen LogP contribution >= 0.6 is 0 Å². The minimum atomic E-state index is -0.646. The first-order chi connectivity index (χ1) is 10.5. The van der Waals surface area contributed by atoms with E-state index < -0.39 is 11.6 Å². The number of fused-ring (bicyclic) bond motifs is 2. The van der Waals surface area contributed by atoms with Crippen LogP contribution in [0.5, 0.6) is 0 Å². The van der Waals surface area contributed by atoms with Gasteiger partial charge >= 0.3 is 0 Å². The largest absolute Gasteiger partial charge is 0.368 e. The number of hydrogen-bond donors (Lipinski definition) is 1. The van der Waals surface area contributed by atoms with E-state index in [1.54, 1.807) is 6.92 Å². The molecule has 2 atom stereocenters. The predicted octanol–water partition coefficient (Wildman–Crippen LogP) is 2.15. The third-order valence-electron chi connectivity index (χ3n) is 4.51. The zero-order valence-corrected chi connectivity index (χ0v) is 12.1. The van der Waals surface area contributed by atoms with E-state index >= 15 is 0 Å². The van der Waals surface area contributed by atoms with Gasteiger partial charge < -0.3 is 10.2 Å². The number of aryl methyl sites for hydroxylation is 1. The van der Waals surface area contributed by atoms with E-state index in [0.29, 0.717) is 30.6 Å². The number of pyridine rings is 1. The summed E-state index contributed by atoms with van der Waals surface area (Å²) in [5.74, 6) is -0.908. The summed E-state index contributed by atoms with van der Waals surface area (Å²) in [5.41, 5.74) is 1.66. The van der Waals surface area contributed by atoms with Gasteiger partial charge in [-0.3, -0.25) is 4.79 Å². The molecule has 1 aromatic heterocycles. The number of halogens is 2. The summed E-state index contributed by atoms with van der Waals surface area (Å²) in [4.78, 5) is 17.7. The van der Waals surface area contributed by atoms with Crippen molar-refractivity contribution in [3.8, 4) is 0 Å². The van der Waals surface area contributed by atoms with Crippen molar-refractivity contribution >= 4 is 22.5 Å². The molecule has 0 unspecified atom stereocenters. The van der Waals surface area contributed by atoms with Crippen molar-refractivity contribution in [3.05, 3.63) is 35.5 Å². The monoisotopic (exact) mass is 303 g/mol. The van der Waals surface area contributed by atoms with Gasteiger partial charge in [-0.05, 0) is 19.1 Å². The van der Waals surface area contributed by atoms with E-state index in [-0.39, 0.29) is 23.4 Å². The molecule has 2 saturated heterocycles. The number of benzene rings is 1. The van der Waals surface area contributed by atoms with Crippen LogP contribution in [0.15, 0.2) is 18.2 Å². The molecule has 6 heteroatoms. The van der Waals surface area contributed by atoms with Crippen LogP contribution in [0, 0.1) is 24.5 Å². The van der Waals surface area contributed by atoms with Crippen LogP contribution in [0.2, 0.25) is 0 Å². The van der Waals surface area contributed by atoms with Crippen molar-refractivity contribution < 1.29 is 13.6 Å². The standard InChI is InChI=1S/C16H15F2N3O/c1-8-2-14(11-4-10(17)5-12(18)16(11)19-8)21-6-9-3-15(22)20-13(9)7-21/h2,4-5,9,13H,3,6-7H2,1H3,(H,20,22)/t9-,13+/m0/s1. The lowest BCUT2D eigenvalue weighted by Gasteiger charge is -2.22. The van der Waals surface area contributed by atoms with Crippen LogP contribution in [0.3, 0.4) is 0 Å². The Morgan fingerprint density at radius 1 is 1.27 bits per heavy atom. The first-order valence-corrected chi connectivity index (χ1v) is 7.32. The third kappa shape index (κ3) is 2.01. The summed E-state index contributed by atoms with van der Waals surface area (Å²) in [6, 6.07) is 4.16. The molecule has 1 aromatic carbocycles. The Hall–Kier alpha value is -2.24. The Morgan fingerprint density at radius 2 is 2.09 bits per heavy atom. The SMILES string of the molecule is Cc1cc(N2C[C@@H]3CC(=O)N[C@@H]3C2)c2cc(F)cc(F)c2n1. The second kappa shape index (κ2) is 4.63. The van der Waals surface area contributed by atoms with Crippen molar-refractivity contribution in [3.63, 3.8) is 0 Å². The van der Waals surface area contributed by atoms with Crippen LogP contribution in [-0.4, -0.2) is 30.0 Å². The molecule has 1 amide bonds. The molecule has 2 fully saturated rings. The number of hydrogen-bond acceptors (Lipinski definition) is 3. The summed E-state index contributed by atoms with van der Waals surface area (Å²) in [7, 11) is 0. The highest BCUT2D eigenvalue weighted by Gasteiger charge is 2.40. The Labute approximate surface area is 126 Å². The summed E-state index contributed by atoms with van der Waals surface area (Å²) in [6.07, 6.45) is 0.520. The highest BCUT2D eigenvalue weighted by molar-refractivity contribution is 5.93. The Morgan fingerprint density at radius 3 is 2.86 bits per heavy atom. The number of aromatic nitrogens is 1.